The van der Waals surface area contributed by atoms with Crippen LogP contribution in [-0.4, -0.2) is 0 Å². The SMILES string of the molecule is CCC1(CC2=Cc3c(cccc3-c3ccc4ccccc4c3)C2)CCC1. The summed E-state index contributed by atoms with van der Waals surface area (Å²) in [6.07, 6.45) is 10.6. The lowest BCUT2D eigenvalue weighted by Gasteiger charge is -2.42. The second-order valence-electron chi connectivity index (χ2n) is 8.30. The Morgan fingerprint density at radius 1 is 0.885 bits per heavy atom. The van der Waals surface area contributed by atoms with Crippen molar-refractivity contribution in [2.75, 3.05) is 0 Å². The number of hydrogen-bond acceptors (Lipinski definition) is 0. The van der Waals surface area contributed by atoms with Crippen LogP contribution in [0.1, 0.15) is 50.2 Å². The second-order valence-corrected chi connectivity index (χ2v) is 8.30. The number of hydrogen-bond donors (Lipinski definition) is 0. The van der Waals surface area contributed by atoms with E-state index in [0.717, 1.165) is 6.42 Å². The number of fused-ring (bicyclic) bond motifs is 2. The highest BCUT2D eigenvalue weighted by molar-refractivity contribution is 5.90. The van der Waals surface area contributed by atoms with Crippen LogP contribution in [0.15, 0.2) is 66.2 Å². The van der Waals surface area contributed by atoms with E-state index in [2.05, 4.69) is 73.7 Å². The molecule has 0 heteroatoms. The van der Waals surface area contributed by atoms with Crippen molar-refractivity contribution in [2.45, 2.75) is 45.4 Å². The Hall–Kier alpha value is -2.34. The van der Waals surface area contributed by atoms with Gasteiger partial charge in [-0.2, -0.15) is 0 Å². The first-order valence-electron chi connectivity index (χ1n) is 10.1. The van der Waals surface area contributed by atoms with E-state index in [4.69, 9.17) is 0 Å². The Morgan fingerprint density at radius 3 is 2.50 bits per heavy atom. The summed E-state index contributed by atoms with van der Waals surface area (Å²) in [6, 6.07) is 22.4. The van der Waals surface area contributed by atoms with Crippen molar-refractivity contribution >= 4 is 16.8 Å². The molecule has 0 atom stereocenters. The summed E-state index contributed by atoms with van der Waals surface area (Å²) in [5.41, 5.74) is 7.96. The summed E-state index contributed by atoms with van der Waals surface area (Å²) < 4.78 is 0. The van der Waals surface area contributed by atoms with Crippen LogP contribution in [0.2, 0.25) is 0 Å². The minimum atomic E-state index is 0.608. The second kappa shape index (κ2) is 6.13. The largest absolute Gasteiger partial charge is 0.0648 e. The van der Waals surface area contributed by atoms with Crippen molar-refractivity contribution in [3.05, 3.63) is 77.4 Å². The van der Waals surface area contributed by atoms with Gasteiger partial charge in [0.2, 0.25) is 0 Å². The van der Waals surface area contributed by atoms with Crippen molar-refractivity contribution in [1.29, 1.82) is 0 Å². The Morgan fingerprint density at radius 2 is 1.73 bits per heavy atom. The third kappa shape index (κ3) is 2.60. The molecule has 0 heterocycles. The van der Waals surface area contributed by atoms with E-state index in [1.807, 2.05) is 0 Å². The molecule has 0 bridgehead atoms. The van der Waals surface area contributed by atoms with Crippen molar-refractivity contribution in [3.8, 4) is 11.1 Å². The molecule has 0 aromatic heterocycles. The van der Waals surface area contributed by atoms with Gasteiger partial charge in [0.05, 0.1) is 0 Å². The maximum absolute atomic E-state index is 2.51. The molecule has 2 aliphatic carbocycles. The Balaban J connectivity index is 1.53. The Labute approximate surface area is 156 Å². The monoisotopic (exact) mass is 338 g/mol. The van der Waals surface area contributed by atoms with Crippen LogP contribution in [0.5, 0.6) is 0 Å². The van der Waals surface area contributed by atoms with Gasteiger partial charge in [-0.15, -0.1) is 0 Å². The summed E-state index contributed by atoms with van der Waals surface area (Å²) >= 11 is 0. The van der Waals surface area contributed by atoms with Gasteiger partial charge in [-0.25, -0.2) is 0 Å². The molecule has 0 saturated heterocycles. The van der Waals surface area contributed by atoms with E-state index in [1.165, 1.54) is 65.1 Å². The van der Waals surface area contributed by atoms with Gasteiger partial charge in [-0.1, -0.05) is 86.0 Å². The van der Waals surface area contributed by atoms with Gasteiger partial charge in [0, 0.05) is 0 Å². The van der Waals surface area contributed by atoms with E-state index in [9.17, 15) is 0 Å². The van der Waals surface area contributed by atoms with Crippen LogP contribution in [0.25, 0.3) is 28.0 Å². The molecule has 26 heavy (non-hydrogen) atoms. The zero-order valence-corrected chi connectivity index (χ0v) is 15.6. The topological polar surface area (TPSA) is 0 Å². The van der Waals surface area contributed by atoms with E-state index in [0.29, 0.717) is 5.41 Å². The Bertz CT molecular complexity index is 996. The zero-order valence-electron chi connectivity index (χ0n) is 15.6. The van der Waals surface area contributed by atoms with Gasteiger partial charge in [-0.3, -0.25) is 0 Å². The third-order valence-corrected chi connectivity index (χ3v) is 6.79. The lowest BCUT2D eigenvalue weighted by Crippen LogP contribution is -2.28. The fraction of sp³-hybridized carbons (Fsp3) is 0.308. The van der Waals surface area contributed by atoms with Crippen LogP contribution < -0.4 is 0 Å². The highest BCUT2D eigenvalue weighted by Gasteiger charge is 2.36. The summed E-state index contributed by atoms with van der Waals surface area (Å²) in [7, 11) is 0. The van der Waals surface area contributed by atoms with Crippen LogP contribution in [-0.2, 0) is 6.42 Å². The molecule has 0 unspecified atom stereocenters. The molecule has 0 nitrogen and oxygen atoms in total. The van der Waals surface area contributed by atoms with Gasteiger partial charge in [-0.05, 0) is 70.2 Å². The molecule has 0 radical (unpaired) electrons. The standard InChI is InChI=1S/C26H26/c1-2-26(13-6-14-26)18-19-15-22-9-5-10-24(25(22)16-19)23-12-11-20-7-3-4-8-21(20)17-23/h3-5,7-12,16-17H,2,6,13-15,18H2,1H3. The van der Waals surface area contributed by atoms with Gasteiger partial charge in [0.15, 0.2) is 0 Å². The molecule has 3 aromatic carbocycles. The molecule has 1 saturated carbocycles. The first-order chi connectivity index (χ1) is 12.8. The highest BCUT2D eigenvalue weighted by Crippen LogP contribution is 2.50. The lowest BCUT2D eigenvalue weighted by atomic mass is 9.63. The van der Waals surface area contributed by atoms with Crippen LogP contribution >= 0.6 is 0 Å². The Kier molecular flexibility index (Phi) is 3.74. The predicted octanol–water partition coefficient (Wildman–Crippen LogP) is 7.42. The molecule has 2 aliphatic rings. The highest BCUT2D eigenvalue weighted by atomic mass is 14.4. The fourth-order valence-corrected chi connectivity index (χ4v) is 4.97. The molecular formula is C26H26. The summed E-state index contributed by atoms with van der Waals surface area (Å²) in [5, 5.41) is 2.64. The van der Waals surface area contributed by atoms with E-state index < -0.39 is 0 Å². The number of rotatable bonds is 4. The van der Waals surface area contributed by atoms with Crippen molar-refractivity contribution in [1.82, 2.24) is 0 Å². The van der Waals surface area contributed by atoms with Crippen LogP contribution in [0.3, 0.4) is 0 Å². The molecule has 0 amide bonds. The van der Waals surface area contributed by atoms with E-state index >= 15 is 0 Å². The number of benzene rings is 3. The number of allylic oxidation sites excluding steroid dienone is 1. The average Bonchev–Trinajstić information content (AvgIpc) is 3.06. The van der Waals surface area contributed by atoms with E-state index in [1.54, 1.807) is 5.57 Å². The fourth-order valence-electron chi connectivity index (χ4n) is 4.97. The lowest BCUT2D eigenvalue weighted by molar-refractivity contribution is 0.127. The molecule has 3 aromatic rings. The zero-order chi connectivity index (χ0) is 17.6. The average molecular weight is 338 g/mol. The smallest absolute Gasteiger partial charge is 0.00574 e. The molecule has 1 fully saturated rings. The molecule has 130 valence electrons. The van der Waals surface area contributed by atoms with Gasteiger partial charge < -0.3 is 0 Å². The van der Waals surface area contributed by atoms with E-state index in [-0.39, 0.29) is 0 Å². The van der Waals surface area contributed by atoms with Crippen molar-refractivity contribution < 1.29 is 0 Å². The molecule has 0 aliphatic heterocycles. The van der Waals surface area contributed by atoms with Gasteiger partial charge >= 0.3 is 0 Å². The molecule has 0 spiro atoms. The minimum absolute atomic E-state index is 0.608. The van der Waals surface area contributed by atoms with Crippen LogP contribution in [0, 0.1) is 5.41 Å². The quantitative estimate of drug-likeness (QED) is 0.464. The normalized spacial score (nSPS) is 17.7. The van der Waals surface area contributed by atoms with Crippen molar-refractivity contribution in [3.63, 3.8) is 0 Å². The first-order valence-corrected chi connectivity index (χ1v) is 10.1. The van der Waals surface area contributed by atoms with Gasteiger partial charge in [0.25, 0.3) is 0 Å². The minimum Gasteiger partial charge on any atom is -0.0648 e. The van der Waals surface area contributed by atoms with Crippen molar-refractivity contribution in [2.24, 2.45) is 5.41 Å². The summed E-state index contributed by atoms with van der Waals surface area (Å²) in [4.78, 5) is 0. The molecule has 0 N–H and O–H groups in total. The predicted molar refractivity (Wildman–Crippen MR) is 112 cm³/mol. The van der Waals surface area contributed by atoms with Crippen LogP contribution in [0.4, 0.5) is 0 Å². The summed E-state index contributed by atoms with van der Waals surface area (Å²) in [6.45, 7) is 2.38. The maximum atomic E-state index is 2.51. The maximum Gasteiger partial charge on any atom is -0.00574 e. The van der Waals surface area contributed by atoms with Gasteiger partial charge in [0.1, 0.15) is 0 Å². The molecule has 5 rings (SSSR count). The third-order valence-electron chi connectivity index (χ3n) is 6.79. The first kappa shape index (κ1) is 15.9. The molecular weight excluding hydrogens is 312 g/mol. The summed E-state index contributed by atoms with van der Waals surface area (Å²) in [5.74, 6) is 0.